The molecule has 1 aromatic carbocycles. The van der Waals surface area contributed by atoms with Gasteiger partial charge in [-0.1, -0.05) is 12.1 Å². The molecule has 0 aliphatic carbocycles. The van der Waals surface area contributed by atoms with E-state index < -0.39 is 24.2 Å². The van der Waals surface area contributed by atoms with Crippen LogP contribution in [0.15, 0.2) is 24.3 Å². The Hall–Kier alpha value is -1.47. The van der Waals surface area contributed by atoms with Crippen molar-refractivity contribution < 1.29 is 22.7 Å². The van der Waals surface area contributed by atoms with Gasteiger partial charge >= 0.3 is 6.18 Å². The van der Waals surface area contributed by atoms with Crippen molar-refractivity contribution >= 4 is 18.3 Å². The molecule has 1 aliphatic heterocycles. The van der Waals surface area contributed by atoms with E-state index in [0.29, 0.717) is 11.3 Å². The average molecular weight is 353 g/mol. The van der Waals surface area contributed by atoms with Crippen LogP contribution in [0.1, 0.15) is 18.4 Å². The minimum atomic E-state index is -4.43. The summed E-state index contributed by atoms with van der Waals surface area (Å²) in [5, 5.41) is 0. The van der Waals surface area contributed by atoms with Gasteiger partial charge < -0.3 is 15.4 Å². The normalized spacial score (nSPS) is 21.5. The molecule has 1 amide bonds. The largest absolute Gasteiger partial charge is 0.497 e. The van der Waals surface area contributed by atoms with Crippen LogP contribution in [0, 0.1) is 0 Å². The lowest BCUT2D eigenvalue weighted by Crippen LogP contribution is -2.57. The molecule has 0 saturated carbocycles. The Balaban J connectivity index is 0.00000264. The van der Waals surface area contributed by atoms with Crippen molar-refractivity contribution in [3.63, 3.8) is 0 Å². The minimum absolute atomic E-state index is 0. The molecule has 8 heteroatoms. The maximum atomic E-state index is 13.1. The SMILES string of the molecule is COc1cccc(CC(=O)N2CC(N)CCC2C(F)(F)F)c1.Cl. The van der Waals surface area contributed by atoms with Crippen molar-refractivity contribution in [1.82, 2.24) is 4.90 Å². The number of rotatable bonds is 3. The van der Waals surface area contributed by atoms with Gasteiger partial charge in [0.25, 0.3) is 0 Å². The third-order valence-corrected chi connectivity index (χ3v) is 3.81. The maximum Gasteiger partial charge on any atom is 0.408 e. The third-order valence-electron chi connectivity index (χ3n) is 3.81. The van der Waals surface area contributed by atoms with E-state index in [0.717, 1.165) is 4.90 Å². The second kappa shape index (κ2) is 7.88. The predicted molar refractivity (Wildman–Crippen MR) is 82.7 cm³/mol. The molecule has 0 radical (unpaired) electrons. The molecule has 2 N–H and O–H groups in total. The number of alkyl halides is 3. The highest BCUT2D eigenvalue weighted by molar-refractivity contribution is 5.85. The first-order valence-corrected chi connectivity index (χ1v) is 7.06. The zero-order chi connectivity index (χ0) is 16.3. The summed E-state index contributed by atoms with van der Waals surface area (Å²) in [5.41, 5.74) is 6.34. The van der Waals surface area contributed by atoms with Crippen molar-refractivity contribution in [3.05, 3.63) is 29.8 Å². The second-order valence-electron chi connectivity index (χ2n) is 5.47. The molecule has 1 fully saturated rings. The number of benzene rings is 1. The summed E-state index contributed by atoms with van der Waals surface area (Å²) >= 11 is 0. The van der Waals surface area contributed by atoms with Crippen LogP contribution in [-0.2, 0) is 11.2 Å². The van der Waals surface area contributed by atoms with Crippen LogP contribution in [-0.4, -0.2) is 42.7 Å². The fraction of sp³-hybridized carbons (Fsp3) is 0.533. The van der Waals surface area contributed by atoms with Gasteiger partial charge in [-0.2, -0.15) is 13.2 Å². The number of likely N-dealkylation sites (tertiary alicyclic amines) is 1. The Morgan fingerprint density at radius 1 is 1.39 bits per heavy atom. The van der Waals surface area contributed by atoms with Gasteiger partial charge in [0.05, 0.1) is 13.5 Å². The summed E-state index contributed by atoms with van der Waals surface area (Å²) in [7, 11) is 1.49. The Labute approximate surface area is 139 Å². The Morgan fingerprint density at radius 2 is 2.09 bits per heavy atom. The number of ether oxygens (including phenoxy) is 1. The first-order chi connectivity index (χ1) is 10.3. The zero-order valence-electron chi connectivity index (χ0n) is 12.7. The van der Waals surface area contributed by atoms with E-state index in [-0.39, 0.29) is 38.2 Å². The van der Waals surface area contributed by atoms with E-state index in [1.54, 1.807) is 24.3 Å². The highest BCUT2D eigenvalue weighted by Gasteiger charge is 2.47. The number of hydrogen-bond donors (Lipinski definition) is 1. The van der Waals surface area contributed by atoms with Crippen LogP contribution >= 0.6 is 12.4 Å². The van der Waals surface area contributed by atoms with Crippen molar-refractivity contribution in [2.75, 3.05) is 13.7 Å². The monoisotopic (exact) mass is 352 g/mol. The van der Waals surface area contributed by atoms with Gasteiger partial charge in [0, 0.05) is 12.6 Å². The summed E-state index contributed by atoms with van der Waals surface area (Å²) < 4.78 is 44.3. The van der Waals surface area contributed by atoms with Crippen LogP contribution in [0.3, 0.4) is 0 Å². The molecule has 2 rings (SSSR count). The van der Waals surface area contributed by atoms with Crippen molar-refractivity contribution in [2.45, 2.75) is 37.5 Å². The number of hydrogen-bond acceptors (Lipinski definition) is 3. The summed E-state index contributed by atoms with van der Waals surface area (Å²) in [5.74, 6) is -0.00116. The Morgan fingerprint density at radius 3 is 2.70 bits per heavy atom. The molecular weight excluding hydrogens is 333 g/mol. The number of piperidine rings is 1. The number of methoxy groups -OCH3 is 1. The molecular formula is C15H20ClF3N2O2. The molecule has 1 aromatic rings. The van der Waals surface area contributed by atoms with E-state index in [4.69, 9.17) is 10.5 Å². The molecule has 1 heterocycles. The Kier molecular flexibility index (Phi) is 6.70. The van der Waals surface area contributed by atoms with Crippen LogP contribution < -0.4 is 10.5 Å². The van der Waals surface area contributed by atoms with Crippen molar-refractivity contribution in [3.8, 4) is 5.75 Å². The lowest BCUT2D eigenvalue weighted by molar-refractivity contribution is -0.196. The predicted octanol–water partition coefficient (Wildman–Crippen LogP) is 2.54. The van der Waals surface area contributed by atoms with Crippen LogP contribution in [0.2, 0.25) is 0 Å². The number of nitrogens with two attached hydrogens (primary N) is 1. The molecule has 1 saturated heterocycles. The number of carbonyl (C=O) groups excluding carboxylic acids is 1. The molecule has 0 spiro atoms. The van der Waals surface area contributed by atoms with E-state index in [9.17, 15) is 18.0 Å². The van der Waals surface area contributed by atoms with Gasteiger partial charge in [-0.25, -0.2) is 0 Å². The molecule has 0 aromatic heterocycles. The van der Waals surface area contributed by atoms with Gasteiger partial charge in [-0.05, 0) is 30.5 Å². The van der Waals surface area contributed by atoms with E-state index in [2.05, 4.69) is 0 Å². The molecule has 2 atom stereocenters. The fourth-order valence-electron chi connectivity index (χ4n) is 2.67. The molecule has 2 unspecified atom stereocenters. The topological polar surface area (TPSA) is 55.6 Å². The molecule has 4 nitrogen and oxygen atoms in total. The van der Waals surface area contributed by atoms with Gasteiger partial charge in [0.1, 0.15) is 11.8 Å². The van der Waals surface area contributed by atoms with E-state index in [1.165, 1.54) is 7.11 Å². The van der Waals surface area contributed by atoms with Gasteiger partial charge in [0.2, 0.25) is 5.91 Å². The third kappa shape index (κ3) is 5.00. The fourth-order valence-corrected chi connectivity index (χ4v) is 2.67. The van der Waals surface area contributed by atoms with Crippen molar-refractivity contribution in [1.29, 1.82) is 0 Å². The first-order valence-electron chi connectivity index (χ1n) is 7.06. The summed E-state index contributed by atoms with van der Waals surface area (Å²) in [6.45, 7) is -0.0625. The van der Waals surface area contributed by atoms with Crippen LogP contribution in [0.5, 0.6) is 5.75 Å². The van der Waals surface area contributed by atoms with Crippen LogP contribution in [0.25, 0.3) is 0 Å². The first kappa shape index (κ1) is 19.6. The number of nitrogens with zero attached hydrogens (tertiary/aromatic N) is 1. The van der Waals surface area contributed by atoms with Gasteiger partial charge in [-0.3, -0.25) is 4.79 Å². The molecule has 1 aliphatic rings. The van der Waals surface area contributed by atoms with Crippen LogP contribution in [0.4, 0.5) is 13.2 Å². The number of halogens is 4. The Bertz CT molecular complexity index is 540. The van der Waals surface area contributed by atoms with Gasteiger partial charge in [-0.15, -0.1) is 12.4 Å². The smallest absolute Gasteiger partial charge is 0.408 e. The zero-order valence-corrected chi connectivity index (χ0v) is 13.5. The standard InChI is InChI=1S/C15H19F3N2O2.ClH/c1-22-12-4-2-3-10(7-12)8-14(21)20-9-11(19)5-6-13(20)15(16,17)18;/h2-4,7,11,13H,5-6,8-9,19H2,1H3;1H. The molecule has 0 bridgehead atoms. The lowest BCUT2D eigenvalue weighted by atomic mass is 9.97. The summed E-state index contributed by atoms with van der Waals surface area (Å²) in [6, 6.07) is 4.59. The average Bonchev–Trinajstić information content (AvgIpc) is 2.46. The van der Waals surface area contributed by atoms with Gasteiger partial charge in [0.15, 0.2) is 0 Å². The summed E-state index contributed by atoms with van der Waals surface area (Å²) in [6.07, 6.45) is -4.40. The second-order valence-corrected chi connectivity index (χ2v) is 5.47. The van der Waals surface area contributed by atoms with E-state index >= 15 is 0 Å². The minimum Gasteiger partial charge on any atom is -0.497 e. The highest BCUT2D eigenvalue weighted by atomic mass is 35.5. The summed E-state index contributed by atoms with van der Waals surface area (Å²) in [4.78, 5) is 13.2. The molecule has 130 valence electrons. The highest BCUT2D eigenvalue weighted by Crippen LogP contribution is 2.32. The number of amides is 1. The molecule has 23 heavy (non-hydrogen) atoms. The van der Waals surface area contributed by atoms with Crippen molar-refractivity contribution in [2.24, 2.45) is 5.73 Å². The quantitative estimate of drug-likeness (QED) is 0.909. The maximum absolute atomic E-state index is 13.1. The lowest BCUT2D eigenvalue weighted by Gasteiger charge is -2.39. The number of carbonyl (C=O) groups is 1. The van der Waals surface area contributed by atoms with E-state index in [1.807, 2.05) is 0 Å².